The predicted octanol–water partition coefficient (Wildman–Crippen LogP) is 4.84. The number of hydrogen-bond acceptors (Lipinski definition) is 5. The Hall–Kier alpha value is -3.18. The fourth-order valence-electron chi connectivity index (χ4n) is 3.36. The monoisotopic (exact) mass is 350 g/mol. The van der Waals surface area contributed by atoms with Gasteiger partial charge in [0.1, 0.15) is 23.0 Å². The van der Waals surface area contributed by atoms with Gasteiger partial charge in [0.25, 0.3) is 0 Å². The Bertz CT molecular complexity index is 897. The third kappa shape index (κ3) is 2.62. The number of hydrogen-bond donors (Lipinski definition) is 1. The third-order valence-corrected chi connectivity index (χ3v) is 4.61. The Morgan fingerprint density at radius 1 is 0.769 bits per heavy atom. The average molecular weight is 350 g/mol. The molecule has 0 atom stereocenters. The maximum Gasteiger partial charge on any atom is 0.169 e. The van der Waals surface area contributed by atoms with E-state index in [0.717, 1.165) is 16.7 Å². The van der Waals surface area contributed by atoms with Gasteiger partial charge in [-0.15, -0.1) is 0 Å². The van der Waals surface area contributed by atoms with Crippen molar-refractivity contribution in [2.24, 2.45) is 0 Å². The van der Waals surface area contributed by atoms with E-state index < -0.39 is 0 Å². The molecule has 0 radical (unpaired) electrons. The molecule has 0 saturated carbocycles. The van der Waals surface area contributed by atoms with Crippen LogP contribution in [0.25, 0.3) is 0 Å². The van der Waals surface area contributed by atoms with Crippen molar-refractivity contribution in [1.29, 1.82) is 0 Å². The quantitative estimate of drug-likeness (QED) is 0.421. The lowest BCUT2D eigenvalue weighted by molar-refractivity contribution is -0.138. The molecule has 0 saturated heterocycles. The summed E-state index contributed by atoms with van der Waals surface area (Å²) < 4.78 is 16.8. The van der Waals surface area contributed by atoms with E-state index in [0.29, 0.717) is 28.7 Å². The molecular formula is C21H18O5. The normalized spacial score (nSPS) is 12.6. The van der Waals surface area contributed by atoms with Gasteiger partial charge in [-0.3, -0.25) is 0 Å². The maximum atomic E-state index is 9.34. The number of methoxy groups -OCH3 is 2. The van der Waals surface area contributed by atoms with E-state index in [9.17, 15) is 5.26 Å². The molecule has 0 aromatic heterocycles. The number of fused-ring (bicyclic) bond motifs is 2. The summed E-state index contributed by atoms with van der Waals surface area (Å²) in [6, 6.07) is 18.8. The first-order valence-electron chi connectivity index (χ1n) is 8.19. The van der Waals surface area contributed by atoms with Crippen LogP contribution in [-0.2, 0) is 0 Å². The van der Waals surface area contributed by atoms with Gasteiger partial charge in [-0.1, -0.05) is 30.3 Å². The van der Waals surface area contributed by atoms with E-state index in [2.05, 4.69) is 4.89 Å². The molecule has 1 N–H and O–H groups in total. The van der Waals surface area contributed by atoms with Crippen molar-refractivity contribution in [2.45, 2.75) is 5.92 Å². The van der Waals surface area contributed by atoms with Gasteiger partial charge in [-0.25, -0.2) is 5.26 Å². The second-order valence-electron chi connectivity index (χ2n) is 5.97. The van der Waals surface area contributed by atoms with Gasteiger partial charge in [0.05, 0.1) is 14.2 Å². The molecule has 1 aliphatic rings. The molecule has 0 spiro atoms. The lowest BCUT2D eigenvalue weighted by Crippen LogP contribution is -2.13. The van der Waals surface area contributed by atoms with Crippen molar-refractivity contribution < 1.29 is 24.4 Å². The highest BCUT2D eigenvalue weighted by atomic mass is 17.1. The Balaban J connectivity index is 1.95. The predicted molar refractivity (Wildman–Crippen MR) is 96.7 cm³/mol. The molecule has 1 heterocycles. The molecule has 0 amide bonds. The van der Waals surface area contributed by atoms with Crippen LogP contribution in [0.5, 0.6) is 28.7 Å². The average Bonchev–Trinajstić information content (AvgIpc) is 2.71. The molecule has 5 nitrogen and oxygen atoms in total. The molecule has 132 valence electrons. The smallest absolute Gasteiger partial charge is 0.169 e. The Labute approximate surface area is 151 Å². The fraction of sp³-hybridized carbons (Fsp3) is 0.143. The van der Waals surface area contributed by atoms with Gasteiger partial charge < -0.3 is 19.1 Å². The molecular weight excluding hydrogens is 332 g/mol. The van der Waals surface area contributed by atoms with Crippen LogP contribution in [0.4, 0.5) is 0 Å². The van der Waals surface area contributed by atoms with Crippen LogP contribution in [0.3, 0.4) is 0 Å². The largest absolute Gasteiger partial charge is 0.497 e. The van der Waals surface area contributed by atoms with Crippen molar-refractivity contribution in [1.82, 2.24) is 0 Å². The number of para-hydroxylation sites is 1. The van der Waals surface area contributed by atoms with E-state index in [1.54, 1.807) is 20.3 Å². The summed E-state index contributed by atoms with van der Waals surface area (Å²) in [5.41, 5.74) is 2.78. The van der Waals surface area contributed by atoms with Gasteiger partial charge in [0, 0.05) is 34.7 Å². The van der Waals surface area contributed by atoms with Gasteiger partial charge in [-0.2, -0.15) is 0 Å². The lowest BCUT2D eigenvalue weighted by atomic mass is 9.82. The summed E-state index contributed by atoms with van der Waals surface area (Å²) in [6.45, 7) is 0. The molecule has 0 unspecified atom stereocenters. The van der Waals surface area contributed by atoms with Crippen LogP contribution in [0.2, 0.25) is 0 Å². The maximum absolute atomic E-state index is 9.34. The summed E-state index contributed by atoms with van der Waals surface area (Å²) in [5.74, 6) is 3.06. The van der Waals surface area contributed by atoms with E-state index in [1.165, 1.54) is 0 Å². The summed E-state index contributed by atoms with van der Waals surface area (Å²) in [5, 5.41) is 9.34. The van der Waals surface area contributed by atoms with E-state index in [4.69, 9.17) is 14.2 Å². The zero-order chi connectivity index (χ0) is 18.1. The standard InChI is InChI=1S/C21H18O5/c1-23-13-7-9-16-19(11-13)25-20-12-14(24-2)8-10-17(20)21(16)15-5-3-4-6-18(15)26-22/h3-12,21-22H,1-2H3. The first-order valence-corrected chi connectivity index (χ1v) is 8.19. The van der Waals surface area contributed by atoms with Crippen LogP contribution in [0.15, 0.2) is 60.7 Å². The molecule has 0 aliphatic carbocycles. The molecule has 0 fully saturated rings. The van der Waals surface area contributed by atoms with Crippen LogP contribution in [0.1, 0.15) is 22.6 Å². The van der Waals surface area contributed by atoms with Crippen molar-refractivity contribution in [3.05, 3.63) is 77.4 Å². The van der Waals surface area contributed by atoms with Crippen molar-refractivity contribution >= 4 is 0 Å². The number of rotatable bonds is 4. The van der Waals surface area contributed by atoms with E-state index in [-0.39, 0.29) is 5.92 Å². The van der Waals surface area contributed by atoms with E-state index in [1.807, 2.05) is 54.6 Å². The Morgan fingerprint density at radius 2 is 1.35 bits per heavy atom. The van der Waals surface area contributed by atoms with Crippen molar-refractivity contribution in [3.63, 3.8) is 0 Å². The summed E-state index contributed by atoms with van der Waals surface area (Å²) in [7, 11) is 3.24. The van der Waals surface area contributed by atoms with Crippen LogP contribution >= 0.6 is 0 Å². The first-order chi connectivity index (χ1) is 12.7. The lowest BCUT2D eigenvalue weighted by Gasteiger charge is -2.29. The van der Waals surface area contributed by atoms with E-state index >= 15 is 0 Å². The van der Waals surface area contributed by atoms with Gasteiger partial charge in [0.2, 0.25) is 0 Å². The summed E-state index contributed by atoms with van der Waals surface area (Å²) in [4.78, 5) is 4.63. The third-order valence-electron chi connectivity index (χ3n) is 4.61. The number of benzene rings is 3. The molecule has 4 rings (SSSR count). The molecule has 5 heteroatoms. The SMILES string of the molecule is COc1ccc2c(c1)Oc1cc(OC)ccc1C2c1ccccc1OO. The summed E-state index contributed by atoms with van der Waals surface area (Å²) in [6.07, 6.45) is 0. The summed E-state index contributed by atoms with van der Waals surface area (Å²) >= 11 is 0. The zero-order valence-electron chi connectivity index (χ0n) is 14.4. The highest BCUT2D eigenvalue weighted by Gasteiger charge is 2.31. The zero-order valence-corrected chi connectivity index (χ0v) is 14.4. The van der Waals surface area contributed by atoms with Crippen LogP contribution in [0, 0.1) is 0 Å². The molecule has 3 aromatic rings. The second-order valence-corrected chi connectivity index (χ2v) is 5.97. The van der Waals surface area contributed by atoms with Crippen LogP contribution < -0.4 is 19.1 Å². The van der Waals surface area contributed by atoms with Gasteiger partial charge >= 0.3 is 0 Å². The Kier molecular flexibility index (Phi) is 4.14. The van der Waals surface area contributed by atoms with Gasteiger partial charge in [-0.05, 0) is 18.2 Å². The minimum atomic E-state index is -0.158. The van der Waals surface area contributed by atoms with Crippen LogP contribution in [-0.4, -0.2) is 19.5 Å². The molecule has 0 bridgehead atoms. The molecule has 3 aromatic carbocycles. The van der Waals surface area contributed by atoms with Crippen molar-refractivity contribution in [3.8, 4) is 28.7 Å². The number of ether oxygens (including phenoxy) is 3. The van der Waals surface area contributed by atoms with Gasteiger partial charge in [0.15, 0.2) is 5.75 Å². The molecule has 1 aliphatic heterocycles. The Morgan fingerprint density at radius 3 is 1.88 bits per heavy atom. The highest BCUT2D eigenvalue weighted by molar-refractivity contribution is 5.62. The minimum absolute atomic E-state index is 0.158. The highest BCUT2D eigenvalue weighted by Crippen LogP contribution is 2.50. The minimum Gasteiger partial charge on any atom is -0.497 e. The first kappa shape index (κ1) is 16.3. The molecule has 26 heavy (non-hydrogen) atoms. The van der Waals surface area contributed by atoms with Crippen molar-refractivity contribution in [2.75, 3.05) is 14.2 Å². The fourth-order valence-corrected chi connectivity index (χ4v) is 3.36. The topological polar surface area (TPSA) is 57.2 Å². The second kappa shape index (κ2) is 6.61.